The average molecular weight is 421 g/mol. The van der Waals surface area contributed by atoms with Crippen LogP contribution in [-0.2, 0) is 16.8 Å². The van der Waals surface area contributed by atoms with Crippen molar-refractivity contribution in [1.82, 2.24) is 0 Å². The van der Waals surface area contributed by atoms with Gasteiger partial charge in [0.2, 0.25) is 0 Å². The number of carbonyl (C=O) groups excluding carboxylic acids is 1. The molecule has 0 unspecified atom stereocenters. The summed E-state index contributed by atoms with van der Waals surface area (Å²) in [4.78, 5) is 12.6. The second-order valence-corrected chi connectivity index (χ2v) is 8.24. The van der Waals surface area contributed by atoms with Gasteiger partial charge in [0.05, 0.1) is 6.61 Å². The summed E-state index contributed by atoms with van der Waals surface area (Å²) < 4.78 is 17.1. The normalized spacial score (nSPS) is 11.6. The van der Waals surface area contributed by atoms with Crippen molar-refractivity contribution in [3.63, 3.8) is 0 Å². The molecular weight excluding hydrogens is 399 g/mol. The average Bonchev–Trinajstić information content (AvgIpc) is 3.01. The number of esters is 1. The monoisotopic (exact) mass is 420 g/mol. The van der Waals surface area contributed by atoms with Crippen molar-refractivity contribution < 1.29 is 18.7 Å². The third-order valence-corrected chi connectivity index (χ3v) is 4.97. The fourth-order valence-corrected chi connectivity index (χ4v) is 3.43. The van der Waals surface area contributed by atoms with E-state index in [1.54, 1.807) is 43.3 Å². The zero-order valence-corrected chi connectivity index (χ0v) is 17.8. The van der Waals surface area contributed by atoms with Crippen molar-refractivity contribution in [1.29, 1.82) is 0 Å². The lowest BCUT2D eigenvalue weighted by molar-refractivity contribution is 0.0523. The van der Waals surface area contributed by atoms with Gasteiger partial charge < -0.3 is 13.9 Å². The Hall–Kier alpha value is -2.17. The summed E-state index contributed by atoms with van der Waals surface area (Å²) in [6.45, 7) is 8.25. The highest BCUT2D eigenvalue weighted by Crippen LogP contribution is 2.37. The molecule has 0 aliphatic carbocycles. The Kier molecular flexibility index (Phi) is 5.92. The van der Waals surface area contributed by atoms with Crippen LogP contribution in [0.2, 0.25) is 10.0 Å². The van der Waals surface area contributed by atoms with Gasteiger partial charge in [0.25, 0.3) is 0 Å². The number of benzene rings is 2. The van der Waals surface area contributed by atoms with Crippen molar-refractivity contribution in [3.8, 4) is 5.75 Å². The predicted molar refractivity (Wildman–Crippen MR) is 112 cm³/mol. The molecule has 0 aliphatic heterocycles. The molecule has 6 heteroatoms. The first-order chi connectivity index (χ1) is 13.2. The van der Waals surface area contributed by atoms with Gasteiger partial charge in [0.1, 0.15) is 29.3 Å². The van der Waals surface area contributed by atoms with Crippen molar-refractivity contribution in [2.24, 2.45) is 0 Å². The van der Waals surface area contributed by atoms with Gasteiger partial charge in [-0.1, -0.05) is 50.0 Å². The number of rotatable bonds is 5. The van der Waals surface area contributed by atoms with Gasteiger partial charge in [0.15, 0.2) is 0 Å². The maximum absolute atomic E-state index is 12.6. The van der Waals surface area contributed by atoms with E-state index in [2.05, 4.69) is 0 Å². The maximum atomic E-state index is 12.6. The Labute approximate surface area is 174 Å². The van der Waals surface area contributed by atoms with Gasteiger partial charge in [-0.25, -0.2) is 4.79 Å². The van der Waals surface area contributed by atoms with Crippen LogP contribution < -0.4 is 4.74 Å². The molecule has 28 heavy (non-hydrogen) atoms. The first kappa shape index (κ1) is 20.6. The molecule has 0 saturated carbocycles. The van der Waals surface area contributed by atoms with E-state index in [-0.39, 0.29) is 18.6 Å². The minimum Gasteiger partial charge on any atom is -0.489 e. The van der Waals surface area contributed by atoms with Crippen molar-refractivity contribution in [2.45, 2.75) is 39.7 Å². The number of halogens is 2. The van der Waals surface area contributed by atoms with E-state index in [0.717, 1.165) is 0 Å². The topological polar surface area (TPSA) is 48.7 Å². The van der Waals surface area contributed by atoms with Crippen LogP contribution in [0.5, 0.6) is 5.75 Å². The minimum absolute atomic E-state index is 0.211. The molecule has 4 nitrogen and oxygen atoms in total. The van der Waals surface area contributed by atoms with E-state index in [4.69, 9.17) is 37.1 Å². The summed E-state index contributed by atoms with van der Waals surface area (Å²) in [6, 6.07) is 10.7. The summed E-state index contributed by atoms with van der Waals surface area (Å²) in [5, 5.41) is 1.74. The second-order valence-electron chi connectivity index (χ2n) is 7.42. The lowest BCUT2D eigenvalue weighted by Gasteiger charge is -2.16. The van der Waals surface area contributed by atoms with Crippen LogP contribution in [0.4, 0.5) is 0 Å². The van der Waals surface area contributed by atoms with E-state index in [1.807, 2.05) is 20.8 Å². The molecule has 0 amide bonds. The molecular formula is C22H22Cl2O4. The molecule has 0 radical (unpaired) electrons. The number of carbonyl (C=O) groups is 1. The fraction of sp³-hybridized carbons (Fsp3) is 0.318. The summed E-state index contributed by atoms with van der Waals surface area (Å²) in [5.41, 5.74) is 1.40. The molecule has 0 saturated heterocycles. The van der Waals surface area contributed by atoms with E-state index in [9.17, 15) is 4.79 Å². The molecule has 0 bridgehead atoms. The van der Waals surface area contributed by atoms with Crippen LogP contribution in [0.15, 0.2) is 40.8 Å². The van der Waals surface area contributed by atoms with Crippen LogP contribution in [0, 0.1) is 0 Å². The highest BCUT2D eigenvalue weighted by atomic mass is 35.5. The Morgan fingerprint density at radius 2 is 1.79 bits per heavy atom. The van der Waals surface area contributed by atoms with Crippen molar-refractivity contribution in [3.05, 3.63) is 63.3 Å². The number of furan rings is 1. The highest BCUT2D eigenvalue weighted by molar-refractivity contribution is 6.35. The van der Waals surface area contributed by atoms with Crippen LogP contribution in [0.25, 0.3) is 11.0 Å². The van der Waals surface area contributed by atoms with Crippen LogP contribution in [0.1, 0.15) is 49.4 Å². The summed E-state index contributed by atoms with van der Waals surface area (Å²) in [6.07, 6.45) is 0. The van der Waals surface area contributed by atoms with Crippen LogP contribution >= 0.6 is 23.2 Å². The Morgan fingerprint density at radius 1 is 1.11 bits per heavy atom. The van der Waals surface area contributed by atoms with E-state index in [0.29, 0.717) is 43.7 Å². The smallest absolute Gasteiger partial charge is 0.342 e. The second kappa shape index (κ2) is 8.06. The molecule has 0 N–H and O–H groups in total. The maximum Gasteiger partial charge on any atom is 0.342 e. The number of fused-ring (bicyclic) bond motifs is 1. The van der Waals surface area contributed by atoms with Crippen molar-refractivity contribution in [2.75, 3.05) is 6.61 Å². The van der Waals surface area contributed by atoms with Gasteiger partial charge in [-0.3, -0.25) is 0 Å². The van der Waals surface area contributed by atoms with Gasteiger partial charge in [-0.2, -0.15) is 0 Å². The molecule has 0 fully saturated rings. The zero-order chi connectivity index (χ0) is 20.5. The largest absolute Gasteiger partial charge is 0.489 e. The quantitative estimate of drug-likeness (QED) is 0.426. The third kappa shape index (κ3) is 4.13. The highest BCUT2D eigenvalue weighted by Gasteiger charge is 2.30. The molecule has 3 aromatic rings. The van der Waals surface area contributed by atoms with E-state index >= 15 is 0 Å². The molecule has 148 valence electrons. The summed E-state index contributed by atoms with van der Waals surface area (Å²) in [5.74, 6) is 0.764. The number of ether oxygens (including phenoxy) is 2. The summed E-state index contributed by atoms with van der Waals surface area (Å²) >= 11 is 12.4. The van der Waals surface area contributed by atoms with Crippen LogP contribution in [0.3, 0.4) is 0 Å². The first-order valence-corrected chi connectivity index (χ1v) is 9.77. The lowest BCUT2D eigenvalue weighted by Crippen LogP contribution is -2.16. The number of hydrogen-bond donors (Lipinski definition) is 0. The predicted octanol–water partition coefficient (Wildman–Crippen LogP) is 6.79. The zero-order valence-electron chi connectivity index (χ0n) is 16.3. The Balaban J connectivity index is 2.00. The molecule has 3 rings (SSSR count). The molecule has 0 aliphatic rings. The standard InChI is InChI=1S/C22H22Cl2O4/c1-5-26-21(25)19-14-11-13(9-10-18(14)28-20(19)22(2,3)4)27-12-15-16(23)7-6-8-17(15)24/h6-11H,5,12H2,1-4H3. The van der Waals surface area contributed by atoms with Gasteiger partial charge in [0, 0.05) is 26.4 Å². The molecule has 0 spiro atoms. The third-order valence-electron chi connectivity index (χ3n) is 4.27. The molecule has 0 atom stereocenters. The molecule has 2 aromatic carbocycles. The molecule has 1 heterocycles. The first-order valence-electron chi connectivity index (χ1n) is 9.02. The Morgan fingerprint density at radius 3 is 2.39 bits per heavy atom. The molecule has 1 aromatic heterocycles. The number of hydrogen-bond acceptors (Lipinski definition) is 4. The SMILES string of the molecule is CCOC(=O)c1c(C(C)(C)C)oc2ccc(OCc3c(Cl)cccc3Cl)cc12. The van der Waals surface area contributed by atoms with E-state index in [1.165, 1.54) is 0 Å². The minimum atomic E-state index is -0.405. The van der Waals surface area contributed by atoms with Gasteiger partial charge >= 0.3 is 5.97 Å². The lowest BCUT2D eigenvalue weighted by atomic mass is 9.89. The van der Waals surface area contributed by atoms with Gasteiger partial charge in [-0.05, 0) is 37.3 Å². The van der Waals surface area contributed by atoms with E-state index < -0.39 is 5.97 Å². The fourth-order valence-electron chi connectivity index (χ4n) is 2.93. The Bertz CT molecular complexity index is 995. The van der Waals surface area contributed by atoms with Crippen molar-refractivity contribution >= 4 is 40.1 Å². The van der Waals surface area contributed by atoms with Gasteiger partial charge in [-0.15, -0.1) is 0 Å². The summed E-state index contributed by atoms with van der Waals surface area (Å²) in [7, 11) is 0. The van der Waals surface area contributed by atoms with Crippen LogP contribution in [-0.4, -0.2) is 12.6 Å².